The Hall–Kier alpha value is -3.09. The first-order valence-corrected chi connectivity index (χ1v) is 13.3. The average molecular weight is 519 g/mol. The van der Waals surface area contributed by atoms with Crippen LogP contribution in [0.15, 0.2) is 46.3 Å². The number of aromatic nitrogens is 1. The molecule has 10 nitrogen and oxygen atoms in total. The number of benzene rings is 2. The van der Waals surface area contributed by atoms with Crippen LogP contribution >= 0.6 is 11.3 Å². The zero-order valence-electron chi connectivity index (χ0n) is 19.8. The normalized spacial score (nSPS) is 19.7. The minimum absolute atomic E-state index is 0.122. The summed E-state index contributed by atoms with van der Waals surface area (Å²) in [5.41, 5.74) is 0.698. The Balaban J connectivity index is 1.65. The van der Waals surface area contributed by atoms with Crippen LogP contribution in [0.1, 0.15) is 30.6 Å². The van der Waals surface area contributed by atoms with Crippen molar-refractivity contribution in [2.75, 3.05) is 20.2 Å². The molecule has 1 aliphatic heterocycles. The van der Waals surface area contributed by atoms with E-state index >= 15 is 0 Å². The van der Waals surface area contributed by atoms with Gasteiger partial charge in [0.15, 0.2) is 10.6 Å². The van der Waals surface area contributed by atoms with Crippen molar-refractivity contribution in [1.29, 1.82) is 0 Å². The lowest BCUT2D eigenvalue weighted by Gasteiger charge is -2.34. The first-order valence-electron chi connectivity index (χ1n) is 11.0. The van der Waals surface area contributed by atoms with Crippen molar-refractivity contribution in [3.8, 4) is 5.75 Å². The Kier molecular flexibility index (Phi) is 6.80. The fraction of sp³-hybridized carbons (Fsp3) is 0.391. The van der Waals surface area contributed by atoms with Crippen LogP contribution in [0.5, 0.6) is 5.75 Å². The lowest BCUT2D eigenvalue weighted by molar-refractivity contribution is -0.384. The van der Waals surface area contributed by atoms with Crippen molar-refractivity contribution in [3.05, 3.63) is 56.9 Å². The summed E-state index contributed by atoms with van der Waals surface area (Å²) in [7, 11) is -0.546. The molecule has 0 aliphatic carbocycles. The summed E-state index contributed by atoms with van der Waals surface area (Å²) in [6.45, 7) is 5.05. The van der Waals surface area contributed by atoms with Crippen LogP contribution in [0, 0.1) is 22.0 Å². The zero-order valence-corrected chi connectivity index (χ0v) is 21.4. The maximum atomic E-state index is 13.1. The molecule has 3 aromatic rings. The predicted molar refractivity (Wildman–Crippen MR) is 132 cm³/mol. The molecule has 35 heavy (non-hydrogen) atoms. The van der Waals surface area contributed by atoms with Crippen LogP contribution in [0.2, 0.25) is 0 Å². The number of ether oxygens (including phenoxy) is 1. The first kappa shape index (κ1) is 25.0. The van der Waals surface area contributed by atoms with E-state index in [2.05, 4.69) is 4.99 Å². The van der Waals surface area contributed by atoms with E-state index in [-0.39, 0.29) is 28.0 Å². The molecule has 2 aromatic carbocycles. The number of carbonyl (C=O) groups excluding carboxylic acids is 1. The van der Waals surface area contributed by atoms with Crippen LogP contribution in [-0.2, 0) is 17.1 Å². The van der Waals surface area contributed by atoms with E-state index in [1.165, 1.54) is 47.8 Å². The highest BCUT2D eigenvalue weighted by Gasteiger charge is 2.31. The molecule has 1 aliphatic rings. The second-order valence-electron chi connectivity index (χ2n) is 8.90. The van der Waals surface area contributed by atoms with Crippen molar-refractivity contribution in [2.45, 2.75) is 25.2 Å². The summed E-state index contributed by atoms with van der Waals surface area (Å²) in [6, 6.07) is 8.50. The number of amides is 1. The number of fused-ring (bicyclic) bond motifs is 1. The molecule has 4 rings (SSSR count). The molecule has 1 amide bonds. The molecule has 0 spiro atoms. The Bertz CT molecular complexity index is 1460. The summed E-state index contributed by atoms with van der Waals surface area (Å²) in [5, 5.41) is 11.2. The Morgan fingerprint density at radius 2 is 1.80 bits per heavy atom. The number of carbonyl (C=O) groups is 1. The fourth-order valence-corrected chi connectivity index (χ4v) is 7.22. The predicted octanol–water partition coefficient (Wildman–Crippen LogP) is 3.56. The maximum absolute atomic E-state index is 13.1. The van der Waals surface area contributed by atoms with Crippen LogP contribution in [0.25, 0.3) is 10.2 Å². The monoisotopic (exact) mass is 518 g/mol. The van der Waals surface area contributed by atoms with Crippen molar-refractivity contribution < 1.29 is 22.9 Å². The number of nitrogens with zero attached hydrogens (tertiary/aromatic N) is 4. The summed E-state index contributed by atoms with van der Waals surface area (Å²) in [6.07, 6.45) is 0.995. The SMILES string of the molecule is COc1cc([N+](=O)[O-])cc2sc(=NC(=O)c3ccc(S(=O)(=O)N4CC(C)CC(C)C4)cc3)n(C)c12. The smallest absolute Gasteiger partial charge is 0.279 e. The Morgan fingerprint density at radius 3 is 2.37 bits per heavy atom. The molecule has 12 heteroatoms. The molecule has 1 aromatic heterocycles. The molecule has 2 unspecified atom stereocenters. The van der Waals surface area contributed by atoms with Gasteiger partial charge in [0, 0.05) is 31.8 Å². The summed E-state index contributed by atoms with van der Waals surface area (Å²) in [4.78, 5) is 28.2. The second-order valence-corrected chi connectivity index (χ2v) is 11.9. The fourth-order valence-electron chi connectivity index (χ4n) is 4.47. The number of thiazole rings is 1. The van der Waals surface area contributed by atoms with Crippen molar-refractivity contribution in [3.63, 3.8) is 0 Å². The third-order valence-electron chi connectivity index (χ3n) is 6.05. The van der Waals surface area contributed by atoms with Gasteiger partial charge in [-0.05, 0) is 42.5 Å². The van der Waals surface area contributed by atoms with Crippen molar-refractivity contribution in [2.24, 2.45) is 23.9 Å². The minimum Gasteiger partial charge on any atom is -0.494 e. The Labute approximate surface area is 206 Å². The number of hydrogen-bond donors (Lipinski definition) is 0. The van der Waals surface area contributed by atoms with Crippen LogP contribution in [0.3, 0.4) is 0 Å². The maximum Gasteiger partial charge on any atom is 0.279 e. The quantitative estimate of drug-likeness (QED) is 0.376. The molecular weight excluding hydrogens is 492 g/mol. The highest BCUT2D eigenvalue weighted by Crippen LogP contribution is 2.32. The molecule has 1 fully saturated rings. The van der Waals surface area contributed by atoms with E-state index in [1.54, 1.807) is 11.6 Å². The number of sulfonamides is 1. The van der Waals surface area contributed by atoms with Gasteiger partial charge < -0.3 is 9.30 Å². The number of nitro benzene ring substituents is 1. The molecule has 0 bridgehead atoms. The Morgan fingerprint density at radius 1 is 1.17 bits per heavy atom. The van der Waals surface area contributed by atoms with E-state index in [4.69, 9.17) is 4.74 Å². The summed E-state index contributed by atoms with van der Waals surface area (Å²) >= 11 is 1.12. The number of piperidine rings is 1. The molecule has 0 saturated carbocycles. The molecule has 186 valence electrons. The number of non-ortho nitro benzene ring substituents is 1. The van der Waals surface area contributed by atoms with Gasteiger partial charge in [-0.15, -0.1) is 0 Å². The first-order chi connectivity index (χ1) is 16.5. The minimum atomic E-state index is -3.65. The number of nitro groups is 1. The van der Waals surface area contributed by atoms with Gasteiger partial charge in [-0.1, -0.05) is 25.2 Å². The van der Waals surface area contributed by atoms with Crippen molar-refractivity contribution >= 4 is 43.2 Å². The lowest BCUT2D eigenvalue weighted by atomic mass is 9.94. The van der Waals surface area contributed by atoms with Gasteiger partial charge in [-0.25, -0.2) is 8.42 Å². The van der Waals surface area contributed by atoms with E-state index in [0.717, 1.165) is 17.8 Å². The van der Waals surface area contributed by atoms with Gasteiger partial charge in [0.05, 0.1) is 27.7 Å². The van der Waals surface area contributed by atoms with Gasteiger partial charge in [0.2, 0.25) is 10.0 Å². The van der Waals surface area contributed by atoms with E-state index < -0.39 is 20.9 Å². The van der Waals surface area contributed by atoms with Gasteiger partial charge in [-0.2, -0.15) is 9.30 Å². The molecule has 2 heterocycles. The van der Waals surface area contributed by atoms with Gasteiger partial charge in [0.25, 0.3) is 11.6 Å². The highest BCUT2D eigenvalue weighted by atomic mass is 32.2. The van der Waals surface area contributed by atoms with E-state index in [9.17, 15) is 23.3 Å². The van der Waals surface area contributed by atoms with Gasteiger partial charge in [0.1, 0.15) is 5.52 Å². The summed E-state index contributed by atoms with van der Waals surface area (Å²) in [5.74, 6) is 0.327. The highest BCUT2D eigenvalue weighted by molar-refractivity contribution is 7.89. The lowest BCUT2D eigenvalue weighted by Crippen LogP contribution is -2.42. The third-order valence-corrected chi connectivity index (χ3v) is 8.98. The number of aryl methyl sites for hydroxylation is 1. The van der Waals surface area contributed by atoms with Gasteiger partial charge in [-0.3, -0.25) is 14.9 Å². The summed E-state index contributed by atoms with van der Waals surface area (Å²) < 4.78 is 35.2. The number of methoxy groups -OCH3 is 1. The molecule has 1 saturated heterocycles. The number of rotatable bonds is 5. The topological polar surface area (TPSA) is 124 Å². The number of hydrogen-bond acceptors (Lipinski definition) is 7. The zero-order chi connectivity index (χ0) is 25.5. The van der Waals surface area contributed by atoms with Crippen LogP contribution in [-0.4, -0.2) is 48.3 Å². The molecule has 2 atom stereocenters. The van der Waals surface area contributed by atoms with Gasteiger partial charge >= 0.3 is 0 Å². The largest absolute Gasteiger partial charge is 0.494 e. The third kappa shape index (κ3) is 4.86. The molecule has 0 N–H and O–H groups in total. The van der Waals surface area contributed by atoms with E-state index in [1.807, 2.05) is 13.8 Å². The molecular formula is C23H26N4O6S2. The van der Waals surface area contributed by atoms with E-state index in [0.29, 0.717) is 33.9 Å². The van der Waals surface area contributed by atoms with Crippen LogP contribution in [0.4, 0.5) is 5.69 Å². The van der Waals surface area contributed by atoms with Crippen LogP contribution < -0.4 is 9.54 Å². The second kappa shape index (κ2) is 9.51. The average Bonchev–Trinajstić information content (AvgIpc) is 3.12. The van der Waals surface area contributed by atoms with Crippen molar-refractivity contribution in [1.82, 2.24) is 8.87 Å². The molecule has 0 radical (unpaired) electrons. The standard InChI is InChI=1S/C23H26N4O6S2/c1-14-9-15(2)13-26(12-14)35(31,32)18-7-5-16(6-8-18)22(28)24-23-25(3)21-19(33-4)10-17(27(29)30)11-20(21)34-23/h5-8,10-11,14-15H,9,12-13H2,1-4H3.